The van der Waals surface area contributed by atoms with Crippen molar-refractivity contribution in [2.75, 3.05) is 27.2 Å². The van der Waals surface area contributed by atoms with Crippen LogP contribution in [-0.2, 0) is 11.3 Å². The second-order valence-corrected chi connectivity index (χ2v) is 7.09. The molecule has 1 amide bonds. The molecule has 1 saturated carbocycles. The molecule has 2 fully saturated rings. The molecule has 0 unspecified atom stereocenters. The first-order valence-corrected chi connectivity index (χ1v) is 8.19. The van der Waals surface area contributed by atoms with Gasteiger partial charge in [0, 0.05) is 38.7 Å². The van der Waals surface area contributed by atoms with E-state index in [4.69, 9.17) is 0 Å². The molecule has 22 heavy (non-hydrogen) atoms. The summed E-state index contributed by atoms with van der Waals surface area (Å²) in [7, 11) is 3.70. The van der Waals surface area contributed by atoms with Crippen LogP contribution in [0.5, 0.6) is 0 Å². The Kier molecular flexibility index (Phi) is 4.22. The van der Waals surface area contributed by atoms with Crippen LogP contribution in [0.3, 0.4) is 0 Å². The summed E-state index contributed by atoms with van der Waals surface area (Å²) >= 11 is 0. The fourth-order valence-electron chi connectivity index (χ4n) is 4.31. The topological polar surface area (TPSA) is 23.6 Å². The highest BCUT2D eigenvalue weighted by Crippen LogP contribution is 2.50. The van der Waals surface area contributed by atoms with Crippen molar-refractivity contribution in [1.29, 1.82) is 0 Å². The van der Waals surface area contributed by atoms with Crippen molar-refractivity contribution in [3.8, 4) is 0 Å². The second-order valence-electron chi connectivity index (χ2n) is 7.09. The summed E-state index contributed by atoms with van der Waals surface area (Å²) in [6.45, 7) is 2.54. The van der Waals surface area contributed by atoms with E-state index in [2.05, 4.69) is 4.90 Å². The molecule has 1 aromatic carbocycles. The number of carbonyl (C=O) groups is 1. The molecular formula is C18H25FN2O. The maximum absolute atomic E-state index is 13.8. The van der Waals surface area contributed by atoms with E-state index in [9.17, 15) is 9.18 Å². The Morgan fingerprint density at radius 2 is 2.14 bits per heavy atom. The lowest BCUT2D eigenvalue weighted by Crippen LogP contribution is -2.40. The maximum atomic E-state index is 13.8. The zero-order chi connectivity index (χ0) is 15.7. The molecule has 0 radical (unpaired) electrons. The van der Waals surface area contributed by atoms with E-state index in [-0.39, 0.29) is 23.1 Å². The molecule has 120 valence electrons. The van der Waals surface area contributed by atoms with Crippen LogP contribution in [0.15, 0.2) is 24.3 Å². The van der Waals surface area contributed by atoms with Crippen molar-refractivity contribution in [1.82, 2.24) is 9.80 Å². The number of benzene rings is 1. The van der Waals surface area contributed by atoms with Crippen LogP contribution in [0, 0.1) is 17.2 Å². The van der Waals surface area contributed by atoms with E-state index in [1.54, 1.807) is 11.0 Å². The first-order valence-electron chi connectivity index (χ1n) is 8.19. The van der Waals surface area contributed by atoms with Gasteiger partial charge >= 0.3 is 0 Å². The molecule has 1 aliphatic carbocycles. The molecule has 1 saturated heterocycles. The van der Waals surface area contributed by atoms with E-state index in [0.29, 0.717) is 6.54 Å². The molecule has 2 atom stereocenters. The first kappa shape index (κ1) is 15.5. The van der Waals surface area contributed by atoms with Gasteiger partial charge in [-0.05, 0) is 37.3 Å². The van der Waals surface area contributed by atoms with Gasteiger partial charge in [0.2, 0.25) is 5.91 Å². The molecule has 1 spiro atoms. The molecule has 1 aromatic rings. The number of carbonyl (C=O) groups excluding carboxylic acids is 1. The molecule has 1 heterocycles. The zero-order valence-corrected chi connectivity index (χ0v) is 13.5. The summed E-state index contributed by atoms with van der Waals surface area (Å²) < 4.78 is 13.8. The van der Waals surface area contributed by atoms with Crippen molar-refractivity contribution >= 4 is 5.91 Å². The third-order valence-corrected chi connectivity index (χ3v) is 5.46. The quantitative estimate of drug-likeness (QED) is 0.857. The number of hydrogen-bond donors (Lipinski definition) is 0. The van der Waals surface area contributed by atoms with E-state index in [1.165, 1.54) is 6.07 Å². The lowest BCUT2D eigenvalue weighted by Gasteiger charge is -2.32. The first-order chi connectivity index (χ1) is 10.5. The van der Waals surface area contributed by atoms with Gasteiger partial charge < -0.3 is 4.90 Å². The largest absolute Gasteiger partial charge is 0.349 e. The van der Waals surface area contributed by atoms with Crippen LogP contribution >= 0.6 is 0 Å². The van der Waals surface area contributed by atoms with E-state index >= 15 is 0 Å². The van der Waals surface area contributed by atoms with Crippen molar-refractivity contribution in [2.45, 2.75) is 32.2 Å². The summed E-state index contributed by atoms with van der Waals surface area (Å²) in [5, 5.41) is 0. The van der Waals surface area contributed by atoms with Crippen molar-refractivity contribution in [2.24, 2.45) is 11.3 Å². The SMILES string of the molecule is CN(C)C(=O)[C@H]1CCC[C@]12CCN(Cc1ccccc1F)C2. The summed E-state index contributed by atoms with van der Waals surface area (Å²) in [6.07, 6.45) is 4.33. The number of likely N-dealkylation sites (tertiary alicyclic amines) is 1. The molecule has 1 aliphatic heterocycles. The fraction of sp³-hybridized carbons (Fsp3) is 0.611. The Labute approximate surface area is 132 Å². The molecular weight excluding hydrogens is 279 g/mol. The number of hydrogen-bond acceptors (Lipinski definition) is 2. The van der Waals surface area contributed by atoms with Crippen LogP contribution in [0.1, 0.15) is 31.2 Å². The van der Waals surface area contributed by atoms with Gasteiger partial charge in [-0.1, -0.05) is 24.6 Å². The summed E-state index contributed by atoms with van der Waals surface area (Å²) in [5.74, 6) is 0.286. The molecule has 4 heteroatoms. The molecule has 3 nitrogen and oxygen atoms in total. The minimum absolute atomic E-state index is 0.118. The minimum atomic E-state index is -0.129. The van der Waals surface area contributed by atoms with E-state index in [0.717, 1.165) is 44.3 Å². The average Bonchev–Trinajstić information content (AvgIpc) is 3.08. The second kappa shape index (κ2) is 5.99. The number of rotatable bonds is 3. The van der Waals surface area contributed by atoms with Crippen LogP contribution in [-0.4, -0.2) is 42.9 Å². The van der Waals surface area contributed by atoms with Gasteiger partial charge in [0.15, 0.2) is 0 Å². The number of amides is 1. The summed E-state index contributed by atoms with van der Waals surface area (Å²) in [4.78, 5) is 16.5. The van der Waals surface area contributed by atoms with Gasteiger partial charge in [0.1, 0.15) is 5.82 Å². The molecule has 0 aromatic heterocycles. The monoisotopic (exact) mass is 304 g/mol. The van der Waals surface area contributed by atoms with Crippen LogP contribution < -0.4 is 0 Å². The van der Waals surface area contributed by atoms with Gasteiger partial charge in [-0.25, -0.2) is 4.39 Å². The Morgan fingerprint density at radius 1 is 1.36 bits per heavy atom. The normalized spacial score (nSPS) is 28.4. The molecule has 0 bridgehead atoms. The van der Waals surface area contributed by atoms with Crippen LogP contribution in [0.4, 0.5) is 4.39 Å². The third-order valence-electron chi connectivity index (χ3n) is 5.46. The lowest BCUT2D eigenvalue weighted by atomic mass is 9.76. The highest BCUT2D eigenvalue weighted by molar-refractivity contribution is 5.79. The van der Waals surface area contributed by atoms with Crippen molar-refractivity contribution in [3.63, 3.8) is 0 Å². The van der Waals surface area contributed by atoms with Crippen LogP contribution in [0.2, 0.25) is 0 Å². The van der Waals surface area contributed by atoms with Crippen molar-refractivity contribution < 1.29 is 9.18 Å². The fourth-order valence-corrected chi connectivity index (χ4v) is 4.31. The third kappa shape index (κ3) is 2.76. The van der Waals surface area contributed by atoms with Gasteiger partial charge in [-0.3, -0.25) is 9.69 Å². The highest BCUT2D eigenvalue weighted by atomic mass is 19.1. The van der Waals surface area contributed by atoms with Crippen molar-refractivity contribution in [3.05, 3.63) is 35.6 Å². The zero-order valence-electron chi connectivity index (χ0n) is 13.5. The molecule has 3 rings (SSSR count). The highest BCUT2D eigenvalue weighted by Gasteiger charge is 2.50. The standard InChI is InChI=1S/C18H25FN2O/c1-20(2)17(22)15-7-5-9-18(15)10-11-21(13-18)12-14-6-3-4-8-16(14)19/h3-4,6,8,15H,5,7,9-13H2,1-2H3/t15-,18-/m1/s1. The summed E-state index contributed by atoms with van der Waals surface area (Å²) in [5.41, 5.74) is 0.875. The van der Waals surface area contributed by atoms with E-state index < -0.39 is 0 Å². The van der Waals surface area contributed by atoms with Crippen LogP contribution in [0.25, 0.3) is 0 Å². The number of halogens is 1. The Hall–Kier alpha value is -1.42. The minimum Gasteiger partial charge on any atom is -0.349 e. The van der Waals surface area contributed by atoms with Gasteiger partial charge in [0.25, 0.3) is 0 Å². The Bertz CT molecular complexity index is 560. The lowest BCUT2D eigenvalue weighted by molar-refractivity contribution is -0.136. The van der Waals surface area contributed by atoms with Gasteiger partial charge in [-0.15, -0.1) is 0 Å². The van der Waals surface area contributed by atoms with Gasteiger partial charge in [-0.2, -0.15) is 0 Å². The predicted molar refractivity (Wildman–Crippen MR) is 84.8 cm³/mol. The Morgan fingerprint density at radius 3 is 2.86 bits per heavy atom. The van der Waals surface area contributed by atoms with Gasteiger partial charge in [0.05, 0.1) is 0 Å². The number of nitrogens with zero attached hydrogens (tertiary/aromatic N) is 2. The summed E-state index contributed by atoms with van der Waals surface area (Å²) in [6, 6.07) is 7.00. The van der Waals surface area contributed by atoms with E-state index in [1.807, 2.05) is 26.2 Å². The predicted octanol–water partition coefficient (Wildman–Crippen LogP) is 2.91. The molecule has 2 aliphatic rings. The Balaban J connectivity index is 1.71. The smallest absolute Gasteiger partial charge is 0.225 e. The average molecular weight is 304 g/mol. The molecule has 0 N–H and O–H groups in total. The maximum Gasteiger partial charge on any atom is 0.225 e.